The monoisotopic (exact) mass is 313 g/mol. The zero-order chi connectivity index (χ0) is 13.1. The number of furan rings is 1. The predicted octanol–water partition coefficient (Wildman–Crippen LogP) is 4.40. The van der Waals surface area contributed by atoms with Gasteiger partial charge in [-0.25, -0.2) is 4.39 Å². The van der Waals surface area contributed by atoms with Gasteiger partial charge >= 0.3 is 0 Å². The summed E-state index contributed by atoms with van der Waals surface area (Å²) in [6.45, 7) is 5.77. The van der Waals surface area contributed by atoms with Crippen molar-refractivity contribution in [2.45, 2.75) is 33.2 Å². The van der Waals surface area contributed by atoms with Crippen molar-refractivity contribution >= 4 is 26.9 Å². The standard InChI is InChI=1S/C14H17BrFNO/c1-3-5-9-10-6-11(15)12(16)7-13(10)18-14(9)8-17-4-2/h6-7,17H,3-5,8H2,1-2H3. The predicted molar refractivity (Wildman–Crippen MR) is 75.2 cm³/mol. The van der Waals surface area contributed by atoms with E-state index in [1.807, 2.05) is 6.07 Å². The molecule has 2 nitrogen and oxygen atoms in total. The molecule has 0 saturated carbocycles. The van der Waals surface area contributed by atoms with Crippen LogP contribution in [0.15, 0.2) is 21.0 Å². The first-order chi connectivity index (χ1) is 8.67. The normalized spacial score (nSPS) is 11.3. The summed E-state index contributed by atoms with van der Waals surface area (Å²) in [6.07, 6.45) is 1.99. The Morgan fingerprint density at radius 3 is 2.78 bits per heavy atom. The smallest absolute Gasteiger partial charge is 0.141 e. The van der Waals surface area contributed by atoms with Gasteiger partial charge in [0.2, 0.25) is 0 Å². The van der Waals surface area contributed by atoms with Crippen LogP contribution in [0.1, 0.15) is 31.6 Å². The minimum atomic E-state index is -0.283. The number of rotatable bonds is 5. The highest BCUT2D eigenvalue weighted by Crippen LogP contribution is 2.31. The van der Waals surface area contributed by atoms with Crippen molar-refractivity contribution in [2.75, 3.05) is 6.54 Å². The summed E-state index contributed by atoms with van der Waals surface area (Å²) in [4.78, 5) is 0. The largest absolute Gasteiger partial charge is 0.459 e. The molecule has 2 rings (SSSR count). The fourth-order valence-electron chi connectivity index (χ4n) is 2.10. The molecular formula is C14H17BrFNO. The van der Waals surface area contributed by atoms with E-state index in [9.17, 15) is 4.39 Å². The van der Waals surface area contributed by atoms with E-state index in [4.69, 9.17) is 4.42 Å². The van der Waals surface area contributed by atoms with E-state index in [0.717, 1.165) is 30.5 Å². The summed E-state index contributed by atoms with van der Waals surface area (Å²) in [5.41, 5.74) is 1.82. The minimum Gasteiger partial charge on any atom is -0.459 e. The van der Waals surface area contributed by atoms with Gasteiger partial charge in [0.25, 0.3) is 0 Å². The van der Waals surface area contributed by atoms with Crippen LogP contribution in [0.4, 0.5) is 4.39 Å². The summed E-state index contributed by atoms with van der Waals surface area (Å²) < 4.78 is 19.8. The fraction of sp³-hybridized carbons (Fsp3) is 0.429. The molecule has 0 bridgehead atoms. The molecule has 0 fully saturated rings. The van der Waals surface area contributed by atoms with Crippen LogP contribution in [0, 0.1) is 5.82 Å². The van der Waals surface area contributed by atoms with Gasteiger partial charge in [-0.15, -0.1) is 0 Å². The number of benzene rings is 1. The molecule has 0 radical (unpaired) electrons. The molecular weight excluding hydrogens is 297 g/mol. The Morgan fingerprint density at radius 1 is 1.33 bits per heavy atom. The molecule has 98 valence electrons. The van der Waals surface area contributed by atoms with Gasteiger partial charge in [-0.05, 0) is 35.0 Å². The molecule has 0 unspecified atom stereocenters. The maximum atomic E-state index is 13.5. The molecule has 0 atom stereocenters. The van der Waals surface area contributed by atoms with Gasteiger partial charge in [-0.3, -0.25) is 0 Å². The summed E-state index contributed by atoms with van der Waals surface area (Å²) in [7, 11) is 0. The van der Waals surface area contributed by atoms with E-state index in [1.54, 1.807) is 0 Å². The SMILES string of the molecule is CCCc1c(CNCC)oc2cc(F)c(Br)cc12. The number of aryl methyl sites for hydroxylation is 1. The van der Waals surface area contributed by atoms with Crippen LogP contribution in [0.25, 0.3) is 11.0 Å². The Labute approximate surface area is 115 Å². The highest BCUT2D eigenvalue weighted by molar-refractivity contribution is 9.10. The topological polar surface area (TPSA) is 25.2 Å². The van der Waals surface area contributed by atoms with Gasteiger partial charge in [0.05, 0.1) is 11.0 Å². The van der Waals surface area contributed by atoms with Crippen LogP contribution >= 0.6 is 15.9 Å². The Hall–Kier alpha value is -0.870. The first-order valence-corrected chi connectivity index (χ1v) is 7.06. The molecule has 1 heterocycles. The Bertz CT molecular complexity index is 550. The summed E-state index contributed by atoms with van der Waals surface area (Å²) in [5, 5.41) is 4.27. The molecule has 0 amide bonds. The third-order valence-corrected chi connectivity index (χ3v) is 3.56. The van der Waals surface area contributed by atoms with E-state index in [1.165, 1.54) is 11.6 Å². The summed E-state index contributed by atoms with van der Waals surface area (Å²) in [5.74, 6) is 0.639. The fourth-order valence-corrected chi connectivity index (χ4v) is 2.44. The first-order valence-electron chi connectivity index (χ1n) is 6.27. The van der Waals surface area contributed by atoms with Crippen LogP contribution in [-0.2, 0) is 13.0 Å². The van der Waals surface area contributed by atoms with Crippen molar-refractivity contribution in [3.8, 4) is 0 Å². The summed E-state index contributed by atoms with van der Waals surface area (Å²) in [6, 6.07) is 3.27. The van der Waals surface area contributed by atoms with Gasteiger partial charge in [0.1, 0.15) is 17.2 Å². The van der Waals surface area contributed by atoms with Crippen molar-refractivity contribution in [1.82, 2.24) is 5.32 Å². The molecule has 1 N–H and O–H groups in total. The van der Waals surface area contributed by atoms with Crippen LogP contribution in [0.3, 0.4) is 0 Å². The van der Waals surface area contributed by atoms with Gasteiger partial charge in [0, 0.05) is 17.0 Å². The highest BCUT2D eigenvalue weighted by atomic mass is 79.9. The number of fused-ring (bicyclic) bond motifs is 1. The lowest BCUT2D eigenvalue weighted by Crippen LogP contribution is -2.12. The zero-order valence-electron chi connectivity index (χ0n) is 10.6. The lowest BCUT2D eigenvalue weighted by molar-refractivity contribution is 0.510. The molecule has 0 aliphatic heterocycles. The van der Waals surface area contributed by atoms with E-state index >= 15 is 0 Å². The van der Waals surface area contributed by atoms with Crippen molar-refractivity contribution in [1.29, 1.82) is 0 Å². The number of hydrogen-bond donors (Lipinski definition) is 1. The second-order valence-corrected chi connectivity index (χ2v) is 5.15. The van der Waals surface area contributed by atoms with E-state index < -0.39 is 0 Å². The van der Waals surface area contributed by atoms with Gasteiger partial charge in [-0.1, -0.05) is 20.3 Å². The molecule has 1 aromatic heterocycles. The van der Waals surface area contributed by atoms with E-state index in [0.29, 0.717) is 16.6 Å². The van der Waals surface area contributed by atoms with Crippen LogP contribution in [0.2, 0.25) is 0 Å². The third kappa shape index (κ3) is 2.59. The molecule has 0 saturated heterocycles. The summed E-state index contributed by atoms with van der Waals surface area (Å²) >= 11 is 3.23. The Kier molecular flexibility index (Phi) is 4.40. The van der Waals surface area contributed by atoms with Crippen molar-refractivity contribution in [3.63, 3.8) is 0 Å². The zero-order valence-corrected chi connectivity index (χ0v) is 12.2. The van der Waals surface area contributed by atoms with Crippen molar-refractivity contribution < 1.29 is 8.81 Å². The second-order valence-electron chi connectivity index (χ2n) is 4.30. The van der Waals surface area contributed by atoms with E-state index in [-0.39, 0.29) is 5.82 Å². The lowest BCUT2D eigenvalue weighted by Gasteiger charge is -2.02. The molecule has 18 heavy (non-hydrogen) atoms. The van der Waals surface area contributed by atoms with E-state index in [2.05, 4.69) is 35.1 Å². The Balaban J connectivity index is 2.52. The van der Waals surface area contributed by atoms with Gasteiger partial charge in [-0.2, -0.15) is 0 Å². The molecule has 1 aromatic carbocycles. The first kappa shape index (κ1) is 13.6. The lowest BCUT2D eigenvalue weighted by atomic mass is 10.1. The molecule has 0 aliphatic carbocycles. The molecule has 0 aliphatic rings. The number of hydrogen-bond acceptors (Lipinski definition) is 2. The third-order valence-electron chi connectivity index (χ3n) is 2.95. The Morgan fingerprint density at radius 2 is 2.11 bits per heavy atom. The number of halogens is 2. The van der Waals surface area contributed by atoms with Crippen LogP contribution < -0.4 is 5.32 Å². The van der Waals surface area contributed by atoms with Gasteiger partial charge in [0.15, 0.2) is 0 Å². The molecule has 2 aromatic rings. The second kappa shape index (κ2) is 5.85. The highest BCUT2D eigenvalue weighted by Gasteiger charge is 2.15. The van der Waals surface area contributed by atoms with Gasteiger partial charge < -0.3 is 9.73 Å². The van der Waals surface area contributed by atoms with Crippen molar-refractivity contribution in [2.24, 2.45) is 0 Å². The molecule has 0 spiro atoms. The molecule has 4 heteroatoms. The minimum absolute atomic E-state index is 0.283. The number of nitrogens with one attached hydrogen (secondary N) is 1. The quantitative estimate of drug-likeness (QED) is 0.885. The van der Waals surface area contributed by atoms with Crippen molar-refractivity contribution in [3.05, 3.63) is 33.7 Å². The average Bonchev–Trinajstić information content (AvgIpc) is 2.66. The average molecular weight is 314 g/mol. The maximum absolute atomic E-state index is 13.5. The van der Waals surface area contributed by atoms with Crippen LogP contribution in [-0.4, -0.2) is 6.54 Å². The van der Waals surface area contributed by atoms with Crippen LogP contribution in [0.5, 0.6) is 0 Å². The maximum Gasteiger partial charge on any atom is 0.141 e.